The summed E-state index contributed by atoms with van der Waals surface area (Å²) in [5.41, 5.74) is 1.48. The minimum atomic E-state index is -0.109. The Morgan fingerprint density at radius 2 is 1.77 bits per heavy atom. The molecule has 2 aliphatic rings. The van der Waals surface area contributed by atoms with E-state index >= 15 is 0 Å². The Hall–Kier alpha value is -3.91. The summed E-state index contributed by atoms with van der Waals surface area (Å²) in [4.78, 5) is 57.1. The van der Waals surface area contributed by atoms with Crippen molar-refractivity contribution in [2.24, 2.45) is 0 Å². The zero-order valence-electron chi connectivity index (χ0n) is 25.0. The second-order valence-corrected chi connectivity index (χ2v) is 12.9. The van der Waals surface area contributed by atoms with Crippen molar-refractivity contribution in [3.63, 3.8) is 0 Å². The van der Waals surface area contributed by atoms with Crippen molar-refractivity contribution in [2.45, 2.75) is 55.8 Å². The molecule has 12 nitrogen and oxygen atoms in total. The van der Waals surface area contributed by atoms with Crippen LogP contribution in [-0.4, -0.2) is 88.5 Å². The van der Waals surface area contributed by atoms with Gasteiger partial charge < -0.3 is 30.1 Å². The maximum absolute atomic E-state index is 13.5. The third-order valence-electron chi connectivity index (χ3n) is 7.41. The maximum atomic E-state index is 13.5. The molecule has 5 rings (SSSR count). The van der Waals surface area contributed by atoms with E-state index in [-0.39, 0.29) is 23.9 Å². The second-order valence-electron chi connectivity index (χ2n) is 10.5. The van der Waals surface area contributed by atoms with Crippen LogP contribution < -0.4 is 20.3 Å². The number of thiazole rings is 1. The smallest absolute Gasteiger partial charge is 0.257 e. The number of nitrogens with zero attached hydrogens (tertiary/aromatic N) is 6. The number of piperazine rings is 1. The largest absolute Gasteiger partial charge is 0.496 e. The molecule has 0 aliphatic carbocycles. The van der Waals surface area contributed by atoms with Crippen molar-refractivity contribution in [1.82, 2.24) is 30.1 Å². The molecule has 43 heavy (non-hydrogen) atoms. The Kier molecular flexibility index (Phi) is 9.35. The molecule has 1 unspecified atom stereocenters. The molecule has 2 N–H and O–H groups in total. The van der Waals surface area contributed by atoms with Crippen molar-refractivity contribution in [3.8, 4) is 5.75 Å². The number of aromatic nitrogens is 3. The highest BCUT2D eigenvalue weighted by molar-refractivity contribution is 8.01. The lowest BCUT2D eigenvalue weighted by atomic mass is 10.1. The Labute approximate surface area is 259 Å². The zero-order valence-corrected chi connectivity index (χ0v) is 26.6. The highest BCUT2D eigenvalue weighted by Gasteiger charge is 2.28. The average molecular weight is 625 g/mol. The van der Waals surface area contributed by atoms with Crippen LogP contribution in [0.25, 0.3) is 0 Å². The third-order valence-corrected chi connectivity index (χ3v) is 9.58. The molecule has 228 valence electrons. The molecule has 0 saturated carbocycles. The topological polar surface area (TPSA) is 133 Å². The third kappa shape index (κ3) is 7.19. The fraction of sp³-hybridized carbons (Fsp3) is 0.448. The van der Waals surface area contributed by atoms with E-state index < -0.39 is 0 Å². The highest BCUT2D eigenvalue weighted by Crippen LogP contribution is 2.39. The van der Waals surface area contributed by atoms with Gasteiger partial charge in [-0.05, 0) is 44.4 Å². The molecule has 14 heteroatoms. The molecule has 4 heterocycles. The number of benzene rings is 1. The van der Waals surface area contributed by atoms with Crippen LogP contribution >= 0.6 is 23.1 Å². The first kappa shape index (κ1) is 30.5. The number of carbonyl (C=O) groups is 3. The highest BCUT2D eigenvalue weighted by atomic mass is 32.2. The first-order chi connectivity index (χ1) is 20.6. The molecule has 1 atom stereocenters. The normalized spacial score (nSPS) is 16.8. The van der Waals surface area contributed by atoms with Gasteiger partial charge in [-0.1, -0.05) is 23.1 Å². The molecular formula is C29H36N8O4S2. The molecular weight excluding hydrogens is 589 g/mol. The summed E-state index contributed by atoms with van der Waals surface area (Å²) in [6.45, 7) is 9.73. The fourth-order valence-electron chi connectivity index (χ4n) is 5.27. The number of hydrogen-bond acceptors (Lipinski definition) is 11. The molecule has 0 spiro atoms. The van der Waals surface area contributed by atoms with Crippen LogP contribution in [0, 0.1) is 13.8 Å². The number of nitrogens with one attached hydrogen (secondary N) is 2. The van der Waals surface area contributed by atoms with Gasteiger partial charge in [-0.25, -0.2) is 15.0 Å². The number of aryl methyl sites for hydroxylation is 2. The molecule has 0 bridgehead atoms. The Bertz CT molecular complexity index is 1520. The number of hydrogen-bond donors (Lipinski definition) is 2. The van der Waals surface area contributed by atoms with Crippen LogP contribution in [0.1, 0.15) is 48.4 Å². The number of ether oxygens (including phenoxy) is 1. The van der Waals surface area contributed by atoms with Gasteiger partial charge in [0.05, 0.1) is 23.1 Å². The van der Waals surface area contributed by atoms with Crippen LogP contribution in [-0.2, 0) is 9.59 Å². The van der Waals surface area contributed by atoms with Crippen molar-refractivity contribution in [2.75, 3.05) is 50.1 Å². The first-order valence-corrected chi connectivity index (χ1v) is 15.8. The van der Waals surface area contributed by atoms with Gasteiger partial charge in [0.25, 0.3) is 5.91 Å². The van der Waals surface area contributed by atoms with E-state index in [1.807, 2.05) is 32.0 Å². The summed E-state index contributed by atoms with van der Waals surface area (Å²) in [6, 6.07) is 5.65. The minimum Gasteiger partial charge on any atom is -0.496 e. The average Bonchev–Trinajstić information content (AvgIpc) is 3.62. The summed E-state index contributed by atoms with van der Waals surface area (Å²) in [5, 5.41) is 6.99. The monoisotopic (exact) mass is 624 g/mol. The van der Waals surface area contributed by atoms with Gasteiger partial charge in [-0.15, -0.1) is 0 Å². The number of methoxy groups -OCH3 is 1. The Balaban J connectivity index is 1.30. The summed E-state index contributed by atoms with van der Waals surface area (Å²) in [5.74, 6) is 2.38. The first-order valence-electron chi connectivity index (χ1n) is 14.1. The van der Waals surface area contributed by atoms with E-state index in [4.69, 9.17) is 4.74 Å². The van der Waals surface area contributed by atoms with Crippen molar-refractivity contribution < 1.29 is 19.1 Å². The van der Waals surface area contributed by atoms with Crippen molar-refractivity contribution in [3.05, 3.63) is 41.3 Å². The fourth-order valence-corrected chi connectivity index (χ4v) is 7.22. The Morgan fingerprint density at radius 1 is 1.02 bits per heavy atom. The van der Waals surface area contributed by atoms with Gasteiger partial charge in [-0.2, -0.15) is 0 Å². The quantitative estimate of drug-likeness (QED) is 0.381. The summed E-state index contributed by atoms with van der Waals surface area (Å²) >= 11 is 3.02. The van der Waals surface area contributed by atoms with E-state index in [2.05, 4.69) is 30.5 Å². The molecule has 3 aromatic rings. The predicted octanol–water partition coefficient (Wildman–Crippen LogP) is 3.82. The predicted molar refractivity (Wildman–Crippen MR) is 166 cm³/mol. The number of anilines is 3. The standard InChI is InChI=1S/C29H36N8O4S2/c1-17-13-22(41-5)21(28(40)36-11-9-35(10-12-36)20(4)39)14-23(17)42-27-16-30-29(43-27)34-24-15-26(32-18(2)31-24)37-8-6-7-25(37)33-19(3)38/h13-16,25H,6-12H2,1-5H3,(H,33,38)(H,30,31,32,34). The van der Waals surface area contributed by atoms with Crippen LogP contribution in [0.2, 0.25) is 0 Å². The van der Waals surface area contributed by atoms with Gasteiger partial charge in [-0.3, -0.25) is 14.4 Å². The summed E-state index contributed by atoms with van der Waals surface area (Å²) in [7, 11) is 1.57. The molecule has 2 fully saturated rings. The van der Waals surface area contributed by atoms with Gasteiger partial charge in [0, 0.05) is 57.5 Å². The molecule has 1 aromatic carbocycles. The zero-order chi connectivity index (χ0) is 30.7. The molecule has 2 aliphatic heterocycles. The van der Waals surface area contributed by atoms with Crippen molar-refractivity contribution in [1.29, 1.82) is 0 Å². The number of rotatable bonds is 8. The maximum Gasteiger partial charge on any atom is 0.257 e. The molecule has 2 saturated heterocycles. The number of amides is 3. The number of carbonyl (C=O) groups excluding carboxylic acids is 3. The van der Waals surface area contributed by atoms with E-state index in [0.717, 1.165) is 39.9 Å². The van der Waals surface area contributed by atoms with Crippen LogP contribution in [0.4, 0.5) is 16.8 Å². The van der Waals surface area contributed by atoms with Gasteiger partial charge >= 0.3 is 0 Å². The minimum absolute atomic E-state index is 0.0228. The summed E-state index contributed by atoms with van der Waals surface area (Å²) < 4.78 is 6.52. The van der Waals surface area contributed by atoms with E-state index in [1.54, 1.807) is 30.0 Å². The molecule has 0 radical (unpaired) electrons. The molecule has 3 amide bonds. The van der Waals surface area contributed by atoms with Crippen molar-refractivity contribution >= 4 is 57.6 Å². The van der Waals surface area contributed by atoms with Crippen LogP contribution in [0.3, 0.4) is 0 Å². The van der Waals surface area contributed by atoms with Crippen LogP contribution in [0.5, 0.6) is 5.75 Å². The Morgan fingerprint density at radius 3 is 2.47 bits per heavy atom. The second kappa shape index (κ2) is 13.2. The van der Waals surface area contributed by atoms with E-state index in [9.17, 15) is 14.4 Å². The van der Waals surface area contributed by atoms with Crippen LogP contribution in [0.15, 0.2) is 33.5 Å². The lowest BCUT2D eigenvalue weighted by Crippen LogP contribution is -2.50. The lowest BCUT2D eigenvalue weighted by Gasteiger charge is -2.34. The van der Waals surface area contributed by atoms with Gasteiger partial charge in [0.15, 0.2) is 5.13 Å². The van der Waals surface area contributed by atoms with E-state index in [0.29, 0.717) is 54.3 Å². The summed E-state index contributed by atoms with van der Waals surface area (Å²) in [6.07, 6.45) is 3.55. The molecule has 2 aromatic heterocycles. The van der Waals surface area contributed by atoms with Gasteiger partial charge in [0.2, 0.25) is 11.8 Å². The SMILES string of the molecule is COc1cc(C)c(Sc2cnc(Nc3cc(N4CCCC4NC(C)=O)nc(C)n3)s2)cc1C(=O)N1CCN(C(C)=O)CC1. The lowest BCUT2D eigenvalue weighted by molar-refractivity contribution is -0.130. The van der Waals surface area contributed by atoms with E-state index in [1.165, 1.54) is 30.0 Å². The van der Waals surface area contributed by atoms with Gasteiger partial charge in [0.1, 0.15) is 29.4 Å².